The van der Waals surface area contributed by atoms with Crippen LogP contribution in [0, 0.1) is 11.2 Å². The lowest BCUT2D eigenvalue weighted by molar-refractivity contribution is 0.0205. The van der Waals surface area contributed by atoms with E-state index in [2.05, 4.69) is 36.4 Å². The molecule has 1 aromatic carbocycles. The van der Waals surface area contributed by atoms with E-state index in [1.165, 1.54) is 0 Å². The maximum absolute atomic E-state index is 14.5. The molecule has 0 aromatic heterocycles. The lowest BCUT2D eigenvalue weighted by Gasteiger charge is -2.30. The van der Waals surface area contributed by atoms with Crippen LogP contribution < -0.4 is 15.5 Å². The van der Waals surface area contributed by atoms with Crippen LogP contribution in [0.5, 0.6) is 0 Å². The summed E-state index contributed by atoms with van der Waals surface area (Å²) in [4.78, 5) is 6.25. The van der Waals surface area contributed by atoms with E-state index in [4.69, 9.17) is 9.47 Å². The summed E-state index contributed by atoms with van der Waals surface area (Å²) in [5, 5.41) is 6.50. The van der Waals surface area contributed by atoms with Gasteiger partial charge in [0.2, 0.25) is 0 Å². The summed E-state index contributed by atoms with van der Waals surface area (Å²) in [5.41, 5.74) is 1.53. The lowest BCUT2D eigenvalue weighted by atomic mass is 9.89. The predicted molar refractivity (Wildman–Crippen MR) is 123 cm³/mol. The zero-order valence-electron chi connectivity index (χ0n) is 17.5. The molecule has 1 fully saturated rings. The Hall–Kier alpha value is -1.13. The molecular weight excluding hydrogens is 474 g/mol. The van der Waals surface area contributed by atoms with Crippen LogP contribution in [0.4, 0.5) is 10.1 Å². The van der Waals surface area contributed by atoms with Gasteiger partial charge in [-0.25, -0.2) is 4.39 Å². The van der Waals surface area contributed by atoms with E-state index < -0.39 is 0 Å². The molecule has 6 nitrogen and oxygen atoms in total. The van der Waals surface area contributed by atoms with Gasteiger partial charge in [-0.1, -0.05) is 26.8 Å². The minimum absolute atomic E-state index is 0. The Bertz CT molecular complexity index is 631. The van der Waals surface area contributed by atoms with Gasteiger partial charge in [-0.15, -0.1) is 24.0 Å². The molecule has 2 rings (SSSR count). The number of rotatable bonds is 6. The Kier molecular flexibility index (Phi) is 10.5. The normalized spacial score (nSPS) is 16.4. The monoisotopic (exact) mass is 508 g/mol. The van der Waals surface area contributed by atoms with Crippen LogP contribution in [0.15, 0.2) is 23.2 Å². The third-order valence-electron chi connectivity index (χ3n) is 4.75. The smallest absolute Gasteiger partial charge is 0.191 e. The number of halogens is 2. The average molecular weight is 508 g/mol. The summed E-state index contributed by atoms with van der Waals surface area (Å²) in [7, 11) is 3.43. The Morgan fingerprint density at radius 2 is 1.96 bits per heavy atom. The fourth-order valence-electron chi connectivity index (χ4n) is 3.06. The van der Waals surface area contributed by atoms with Crippen molar-refractivity contribution in [2.75, 3.05) is 51.9 Å². The van der Waals surface area contributed by atoms with Crippen molar-refractivity contribution < 1.29 is 13.9 Å². The molecule has 28 heavy (non-hydrogen) atoms. The second kappa shape index (κ2) is 11.8. The highest BCUT2D eigenvalue weighted by molar-refractivity contribution is 14.0. The highest BCUT2D eigenvalue weighted by Crippen LogP contribution is 2.22. The molecule has 8 heteroatoms. The van der Waals surface area contributed by atoms with Crippen molar-refractivity contribution in [1.29, 1.82) is 0 Å². The molecule has 1 aromatic rings. The van der Waals surface area contributed by atoms with E-state index in [0.29, 0.717) is 38.0 Å². The zero-order chi connectivity index (χ0) is 19.9. The molecule has 1 saturated heterocycles. The first-order valence-electron chi connectivity index (χ1n) is 9.43. The topological polar surface area (TPSA) is 58.1 Å². The van der Waals surface area contributed by atoms with Gasteiger partial charge in [0.25, 0.3) is 0 Å². The van der Waals surface area contributed by atoms with Gasteiger partial charge in [0.1, 0.15) is 5.82 Å². The van der Waals surface area contributed by atoms with E-state index >= 15 is 0 Å². The first-order valence-corrected chi connectivity index (χ1v) is 9.43. The Morgan fingerprint density at radius 3 is 2.50 bits per heavy atom. The van der Waals surface area contributed by atoms with E-state index in [1.54, 1.807) is 20.2 Å². The number of nitrogens with zero attached hydrogens (tertiary/aromatic N) is 2. The highest BCUT2D eigenvalue weighted by atomic mass is 127. The molecule has 2 N–H and O–H groups in total. The van der Waals surface area contributed by atoms with Crippen molar-refractivity contribution in [3.05, 3.63) is 29.6 Å². The second-order valence-electron chi connectivity index (χ2n) is 7.78. The van der Waals surface area contributed by atoms with Crippen molar-refractivity contribution in [3.8, 4) is 0 Å². The van der Waals surface area contributed by atoms with Gasteiger partial charge in [0.05, 0.1) is 25.0 Å². The molecule has 0 radical (unpaired) electrons. The minimum atomic E-state index is -0.202. The van der Waals surface area contributed by atoms with Gasteiger partial charge in [-0.3, -0.25) is 4.99 Å². The quantitative estimate of drug-likeness (QED) is 0.352. The number of morpholine rings is 1. The van der Waals surface area contributed by atoms with Gasteiger partial charge >= 0.3 is 0 Å². The van der Waals surface area contributed by atoms with Crippen LogP contribution in [0.2, 0.25) is 0 Å². The Morgan fingerprint density at radius 1 is 1.29 bits per heavy atom. The molecule has 160 valence electrons. The van der Waals surface area contributed by atoms with E-state index in [-0.39, 0.29) is 41.3 Å². The van der Waals surface area contributed by atoms with Crippen molar-refractivity contribution in [2.24, 2.45) is 10.4 Å². The number of aliphatic imine (C=N–C) groups is 1. The number of benzene rings is 1. The number of hydrogen-bond donors (Lipinski definition) is 2. The molecule has 1 aliphatic heterocycles. The number of nitrogens with one attached hydrogen (secondary N) is 2. The summed E-state index contributed by atoms with van der Waals surface area (Å²) in [6, 6.07) is 5.37. The van der Waals surface area contributed by atoms with Crippen LogP contribution in [-0.4, -0.2) is 59.1 Å². The first-order chi connectivity index (χ1) is 12.8. The molecule has 1 aliphatic rings. The van der Waals surface area contributed by atoms with Crippen molar-refractivity contribution >= 4 is 35.6 Å². The number of hydrogen-bond acceptors (Lipinski definition) is 4. The van der Waals surface area contributed by atoms with Gasteiger partial charge in [-0.05, 0) is 23.1 Å². The van der Waals surface area contributed by atoms with Crippen molar-refractivity contribution in [2.45, 2.75) is 33.4 Å². The largest absolute Gasteiger partial charge is 0.379 e. The molecule has 0 amide bonds. The van der Waals surface area contributed by atoms with Crippen LogP contribution in [0.3, 0.4) is 0 Å². The summed E-state index contributed by atoms with van der Waals surface area (Å²) >= 11 is 0. The average Bonchev–Trinajstić information content (AvgIpc) is 2.64. The second-order valence-corrected chi connectivity index (χ2v) is 7.78. The van der Waals surface area contributed by atoms with Gasteiger partial charge < -0.3 is 25.0 Å². The maximum atomic E-state index is 14.5. The minimum Gasteiger partial charge on any atom is -0.379 e. The number of anilines is 1. The summed E-state index contributed by atoms with van der Waals surface area (Å²) in [5.74, 6) is 0.463. The van der Waals surface area contributed by atoms with E-state index in [1.807, 2.05) is 17.0 Å². The van der Waals surface area contributed by atoms with Crippen LogP contribution in [-0.2, 0) is 16.0 Å². The van der Waals surface area contributed by atoms with Gasteiger partial charge in [0, 0.05) is 40.3 Å². The third-order valence-corrected chi connectivity index (χ3v) is 4.75. The molecule has 0 aliphatic carbocycles. The molecular formula is C20H34FIN4O2. The highest BCUT2D eigenvalue weighted by Gasteiger charge is 2.24. The van der Waals surface area contributed by atoms with Gasteiger partial charge in [-0.2, -0.15) is 0 Å². The van der Waals surface area contributed by atoms with Crippen LogP contribution in [0.25, 0.3) is 0 Å². The summed E-state index contributed by atoms with van der Waals surface area (Å²) < 4.78 is 25.4. The standard InChI is InChI=1S/C20H33FN4O2.HI/c1-20(2,3)18(26-5)14-24-19(22-4)23-13-15-6-7-17(16(21)12-15)25-8-10-27-11-9-25;/h6-7,12,18H,8-11,13-14H2,1-5H3,(H2,22,23,24);1H. The molecule has 1 unspecified atom stereocenters. The number of ether oxygens (including phenoxy) is 2. The first kappa shape index (κ1) is 24.9. The summed E-state index contributed by atoms with van der Waals surface area (Å²) in [6.07, 6.45) is 0.0568. The zero-order valence-corrected chi connectivity index (χ0v) is 19.9. The third kappa shape index (κ3) is 7.36. The van der Waals surface area contributed by atoms with Gasteiger partial charge in [0.15, 0.2) is 5.96 Å². The molecule has 0 spiro atoms. The Balaban J connectivity index is 0.00000392. The SMILES string of the molecule is CN=C(NCc1ccc(N2CCOCC2)c(F)c1)NCC(OC)C(C)(C)C.I. The fourth-order valence-corrected chi connectivity index (χ4v) is 3.06. The maximum Gasteiger partial charge on any atom is 0.191 e. The molecule has 1 heterocycles. The van der Waals surface area contributed by atoms with Crippen molar-refractivity contribution in [1.82, 2.24) is 10.6 Å². The molecule has 1 atom stereocenters. The molecule has 0 bridgehead atoms. The fraction of sp³-hybridized carbons (Fsp3) is 0.650. The summed E-state index contributed by atoms with van der Waals surface area (Å²) in [6.45, 7) is 10.3. The van der Waals surface area contributed by atoms with Crippen LogP contribution in [0.1, 0.15) is 26.3 Å². The number of methoxy groups -OCH3 is 1. The van der Waals surface area contributed by atoms with Crippen molar-refractivity contribution in [3.63, 3.8) is 0 Å². The number of guanidine groups is 1. The predicted octanol–water partition coefficient (Wildman–Crippen LogP) is 3.01. The van der Waals surface area contributed by atoms with Crippen LogP contribution >= 0.6 is 24.0 Å². The Labute approximate surface area is 185 Å². The lowest BCUT2D eigenvalue weighted by Crippen LogP contribution is -2.45. The molecule has 0 saturated carbocycles. The van der Waals surface area contributed by atoms with E-state index in [9.17, 15) is 4.39 Å². The van der Waals surface area contributed by atoms with E-state index in [0.717, 1.165) is 18.7 Å².